The number of methoxy groups -OCH3 is 1. The first kappa shape index (κ1) is 12.8. The molecule has 1 spiro atoms. The van der Waals surface area contributed by atoms with Crippen molar-refractivity contribution in [2.75, 3.05) is 26.1 Å². The zero-order chi connectivity index (χ0) is 12.4. The van der Waals surface area contributed by atoms with Gasteiger partial charge in [-0.15, -0.1) is 0 Å². The van der Waals surface area contributed by atoms with Crippen LogP contribution in [0, 0.1) is 0 Å². The van der Waals surface area contributed by atoms with Crippen molar-refractivity contribution in [3.63, 3.8) is 0 Å². The third-order valence-electron chi connectivity index (χ3n) is 4.30. The van der Waals surface area contributed by atoms with E-state index in [4.69, 9.17) is 14.5 Å². The second kappa shape index (κ2) is 5.39. The van der Waals surface area contributed by atoms with E-state index >= 15 is 0 Å². The van der Waals surface area contributed by atoms with Gasteiger partial charge in [-0.25, -0.2) is 0 Å². The molecule has 0 amide bonds. The third-order valence-corrected chi connectivity index (χ3v) is 5.48. The molecule has 2 saturated heterocycles. The summed E-state index contributed by atoms with van der Waals surface area (Å²) in [6.07, 6.45) is 6.05. The fraction of sp³-hybridized carbons (Fsp3) is 0.923. The first-order valence-corrected chi connectivity index (χ1v) is 7.88. The van der Waals surface area contributed by atoms with Gasteiger partial charge < -0.3 is 14.8 Å². The maximum absolute atomic E-state index is 5.45. The lowest BCUT2D eigenvalue weighted by atomic mass is 9.93. The number of hydrogen-bond donors (Lipinski definition) is 1. The summed E-state index contributed by atoms with van der Waals surface area (Å²) >= 11 is 1.89. The Morgan fingerprint density at radius 3 is 2.94 bits per heavy atom. The number of amidine groups is 1. The summed E-state index contributed by atoms with van der Waals surface area (Å²) in [5, 5.41) is 4.81. The van der Waals surface area contributed by atoms with Crippen LogP contribution in [0.5, 0.6) is 0 Å². The van der Waals surface area contributed by atoms with E-state index in [1.54, 1.807) is 7.11 Å². The number of thioether (sulfide) groups is 1. The molecule has 3 fully saturated rings. The Balaban J connectivity index is 1.58. The van der Waals surface area contributed by atoms with E-state index in [9.17, 15) is 0 Å². The molecule has 0 aromatic rings. The van der Waals surface area contributed by atoms with Crippen LogP contribution >= 0.6 is 11.8 Å². The zero-order valence-corrected chi connectivity index (χ0v) is 11.8. The summed E-state index contributed by atoms with van der Waals surface area (Å²) in [7, 11) is 1.81. The molecule has 0 aromatic heterocycles. The Morgan fingerprint density at radius 2 is 2.22 bits per heavy atom. The Kier molecular flexibility index (Phi) is 3.82. The lowest BCUT2D eigenvalue weighted by Crippen LogP contribution is -2.48. The van der Waals surface area contributed by atoms with Crippen molar-refractivity contribution < 1.29 is 9.47 Å². The number of hydrogen-bond acceptors (Lipinski definition) is 4. The summed E-state index contributed by atoms with van der Waals surface area (Å²) in [6, 6.07) is 0.458. The van der Waals surface area contributed by atoms with Gasteiger partial charge in [0.2, 0.25) is 0 Å². The van der Waals surface area contributed by atoms with Gasteiger partial charge in [0.15, 0.2) is 5.17 Å². The van der Waals surface area contributed by atoms with Crippen molar-refractivity contribution in [1.82, 2.24) is 5.32 Å². The first-order chi connectivity index (χ1) is 8.80. The zero-order valence-electron chi connectivity index (χ0n) is 11.0. The highest BCUT2D eigenvalue weighted by Gasteiger charge is 2.39. The topological polar surface area (TPSA) is 42.8 Å². The van der Waals surface area contributed by atoms with Crippen LogP contribution in [0.3, 0.4) is 0 Å². The molecule has 0 aromatic carbocycles. The molecule has 18 heavy (non-hydrogen) atoms. The van der Waals surface area contributed by atoms with Crippen molar-refractivity contribution in [2.24, 2.45) is 4.99 Å². The van der Waals surface area contributed by atoms with Crippen LogP contribution in [-0.4, -0.2) is 48.9 Å². The van der Waals surface area contributed by atoms with Crippen LogP contribution in [0.4, 0.5) is 0 Å². The van der Waals surface area contributed by atoms with Gasteiger partial charge >= 0.3 is 0 Å². The average Bonchev–Trinajstić information content (AvgIpc) is 2.99. The SMILES string of the molecule is COC1CCC(N=C2NC3(CCOCC3)CS2)C1. The maximum atomic E-state index is 5.45. The van der Waals surface area contributed by atoms with E-state index in [2.05, 4.69) is 5.32 Å². The third kappa shape index (κ3) is 2.68. The Bertz CT molecular complexity index is 329. The molecule has 2 atom stereocenters. The molecule has 1 saturated carbocycles. The molecule has 5 heteroatoms. The van der Waals surface area contributed by atoms with Crippen LogP contribution in [0.15, 0.2) is 4.99 Å². The predicted molar refractivity (Wildman–Crippen MR) is 74.2 cm³/mol. The summed E-state index contributed by atoms with van der Waals surface area (Å²) < 4.78 is 10.9. The second-order valence-electron chi connectivity index (χ2n) is 5.57. The summed E-state index contributed by atoms with van der Waals surface area (Å²) in [6.45, 7) is 1.77. The van der Waals surface area contributed by atoms with Gasteiger partial charge in [0.1, 0.15) is 0 Å². The van der Waals surface area contributed by atoms with Crippen LogP contribution in [0.2, 0.25) is 0 Å². The minimum absolute atomic E-state index is 0.265. The number of ether oxygens (including phenoxy) is 2. The van der Waals surface area contributed by atoms with Crippen molar-refractivity contribution in [3.8, 4) is 0 Å². The quantitative estimate of drug-likeness (QED) is 0.831. The highest BCUT2D eigenvalue weighted by atomic mass is 32.2. The molecule has 2 aliphatic heterocycles. The lowest BCUT2D eigenvalue weighted by Gasteiger charge is -2.32. The lowest BCUT2D eigenvalue weighted by molar-refractivity contribution is 0.0555. The summed E-state index contributed by atoms with van der Waals surface area (Å²) in [5.41, 5.74) is 0.265. The van der Waals surface area contributed by atoms with Gasteiger partial charge in [-0.3, -0.25) is 4.99 Å². The molecule has 0 bridgehead atoms. The summed E-state index contributed by atoms with van der Waals surface area (Å²) in [4.78, 5) is 4.87. The molecule has 3 rings (SSSR count). The van der Waals surface area contributed by atoms with Crippen molar-refractivity contribution >= 4 is 16.9 Å². The summed E-state index contributed by atoms with van der Waals surface area (Å²) in [5.74, 6) is 1.15. The molecule has 2 unspecified atom stereocenters. The fourth-order valence-corrected chi connectivity index (χ4v) is 4.31. The predicted octanol–water partition coefficient (Wildman–Crippen LogP) is 1.80. The Hall–Kier alpha value is -0.260. The van der Waals surface area contributed by atoms with Gasteiger partial charge in [-0.1, -0.05) is 11.8 Å². The molecule has 1 aliphatic carbocycles. The Morgan fingerprint density at radius 1 is 1.39 bits per heavy atom. The maximum Gasteiger partial charge on any atom is 0.157 e. The molecule has 1 N–H and O–H groups in total. The molecule has 2 heterocycles. The van der Waals surface area contributed by atoms with E-state index in [1.165, 1.54) is 6.42 Å². The first-order valence-electron chi connectivity index (χ1n) is 6.89. The number of rotatable bonds is 2. The fourth-order valence-electron chi connectivity index (χ4n) is 3.02. The highest BCUT2D eigenvalue weighted by molar-refractivity contribution is 8.14. The van der Waals surface area contributed by atoms with E-state index in [0.717, 1.165) is 49.8 Å². The smallest absolute Gasteiger partial charge is 0.157 e. The van der Waals surface area contributed by atoms with E-state index in [0.29, 0.717) is 12.1 Å². The standard InChI is InChI=1S/C13H22N2O2S/c1-16-11-3-2-10(8-11)14-12-15-13(9-18-12)4-6-17-7-5-13/h10-11H,2-9H2,1H3,(H,14,15). The normalized spacial score (nSPS) is 37.3. The molecular formula is C13H22N2O2S. The monoisotopic (exact) mass is 270 g/mol. The van der Waals surface area contributed by atoms with Gasteiger partial charge in [-0.2, -0.15) is 0 Å². The van der Waals surface area contributed by atoms with E-state index in [1.807, 2.05) is 11.8 Å². The highest BCUT2D eigenvalue weighted by Crippen LogP contribution is 2.33. The number of nitrogens with one attached hydrogen (secondary N) is 1. The van der Waals surface area contributed by atoms with Crippen LogP contribution in [0.1, 0.15) is 32.1 Å². The van der Waals surface area contributed by atoms with Gasteiger partial charge in [0.05, 0.1) is 17.7 Å². The molecule has 4 nitrogen and oxygen atoms in total. The van der Waals surface area contributed by atoms with Crippen molar-refractivity contribution in [2.45, 2.75) is 49.8 Å². The second-order valence-corrected chi connectivity index (χ2v) is 6.53. The minimum atomic E-state index is 0.265. The van der Waals surface area contributed by atoms with Gasteiger partial charge in [-0.05, 0) is 32.1 Å². The molecule has 0 radical (unpaired) electrons. The van der Waals surface area contributed by atoms with Crippen molar-refractivity contribution in [3.05, 3.63) is 0 Å². The molecule has 102 valence electrons. The van der Waals surface area contributed by atoms with Gasteiger partial charge in [0.25, 0.3) is 0 Å². The van der Waals surface area contributed by atoms with Gasteiger partial charge in [0, 0.05) is 26.1 Å². The van der Waals surface area contributed by atoms with Crippen LogP contribution in [0.25, 0.3) is 0 Å². The van der Waals surface area contributed by atoms with Crippen LogP contribution < -0.4 is 5.32 Å². The van der Waals surface area contributed by atoms with E-state index in [-0.39, 0.29) is 5.54 Å². The Labute approximate surface area is 113 Å². The number of nitrogens with zero attached hydrogens (tertiary/aromatic N) is 1. The van der Waals surface area contributed by atoms with Crippen molar-refractivity contribution in [1.29, 1.82) is 0 Å². The molecule has 3 aliphatic rings. The number of aliphatic imine (C=N–C) groups is 1. The van der Waals surface area contributed by atoms with E-state index < -0.39 is 0 Å². The largest absolute Gasteiger partial charge is 0.381 e. The van der Waals surface area contributed by atoms with Crippen LogP contribution in [-0.2, 0) is 9.47 Å². The molecular weight excluding hydrogens is 248 g/mol. The minimum Gasteiger partial charge on any atom is -0.381 e. The average molecular weight is 270 g/mol.